The summed E-state index contributed by atoms with van der Waals surface area (Å²) in [4.78, 5) is 9.80. The zero-order valence-electron chi connectivity index (χ0n) is 12.9. The summed E-state index contributed by atoms with van der Waals surface area (Å²) in [5.74, 6) is 1.18. The topological polar surface area (TPSA) is 19.4 Å². The molecule has 0 saturated carbocycles. The first-order valence-corrected chi connectivity index (χ1v) is 8.25. The van der Waals surface area contributed by atoms with Crippen molar-refractivity contribution >= 4 is 5.82 Å². The van der Waals surface area contributed by atoms with Crippen molar-refractivity contribution in [3.05, 3.63) is 23.4 Å². The molecule has 0 aliphatic carbocycles. The van der Waals surface area contributed by atoms with E-state index < -0.39 is 0 Å². The fourth-order valence-electron chi connectivity index (χ4n) is 3.74. The minimum absolute atomic E-state index is 0.592. The normalized spacial score (nSPS) is 24.3. The predicted octanol–water partition coefficient (Wildman–Crippen LogP) is 3.54. The highest BCUT2D eigenvalue weighted by atomic mass is 15.2. The summed E-state index contributed by atoms with van der Waals surface area (Å²) in [6.45, 7) is 9.29. The number of anilines is 1. The molecule has 0 aromatic carbocycles. The Morgan fingerprint density at radius 3 is 2.60 bits per heavy atom. The van der Waals surface area contributed by atoms with E-state index in [0.717, 1.165) is 6.54 Å². The molecule has 20 heavy (non-hydrogen) atoms. The van der Waals surface area contributed by atoms with Crippen LogP contribution in [0, 0.1) is 6.92 Å². The van der Waals surface area contributed by atoms with Gasteiger partial charge < -0.3 is 4.90 Å². The second-order valence-electron chi connectivity index (χ2n) is 6.23. The highest BCUT2D eigenvalue weighted by Crippen LogP contribution is 2.33. The maximum Gasteiger partial charge on any atom is 0.128 e. The van der Waals surface area contributed by atoms with Crippen LogP contribution < -0.4 is 4.90 Å². The molecule has 110 valence electrons. The Labute approximate surface area is 123 Å². The summed E-state index contributed by atoms with van der Waals surface area (Å²) in [5.41, 5.74) is 2.88. The number of pyridine rings is 1. The second kappa shape index (κ2) is 6.13. The summed E-state index contributed by atoms with van der Waals surface area (Å²) >= 11 is 0. The molecule has 1 aromatic rings. The minimum atomic E-state index is 0.592. The number of rotatable bonds is 3. The average Bonchev–Trinajstić information content (AvgIpc) is 3.01. The number of hydrogen-bond acceptors (Lipinski definition) is 3. The van der Waals surface area contributed by atoms with E-state index in [1.807, 2.05) is 0 Å². The van der Waals surface area contributed by atoms with Crippen LogP contribution in [0.15, 0.2) is 12.3 Å². The van der Waals surface area contributed by atoms with Gasteiger partial charge in [-0.25, -0.2) is 4.98 Å². The Hall–Kier alpha value is -1.09. The maximum absolute atomic E-state index is 4.76. The number of nitrogens with zero attached hydrogens (tertiary/aromatic N) is 3. The summed E-state index contributed by atoms with van der Waals surface area (Å²) in [6.07, 6.45) is 8.78. The summed E-state index contributed by atoms with van der Waals surface area (Å²) in [5, 5.41) is 0. The maximum atomic E-state index is 4.76. The molecule has 0 bridgehead atoms. The van der Waals surface area contributed by atoms with Crippen LogP contribution in [0.5, 0.6) is 0 Å². The van der Waals surface area contributed by atoms with E-state index in [2.05, 4.69) is 35.9 Å². The van der Waals surface area contributed by atoms with Gasteiger partial charge in [-0.3, -0.25) is 4.90 Å². The molecule has 0 spiro atoms. The van der Waals surface area contributed by atoms with Crippen LogP contribution in [0.25, 0.3) is 0 Å². The molecule has 2 saturated heterocycles. The molecule has 0 radical (unpaired) electrons. The first-order chi connectivity index (χ1) is 9.79. The lowest BCUT2D eigenvalue weighted by Crippen LogP contribution is -2.33. The molecule has 0 amide bonds. The Balaban J connectivity index is 1.82. The quantitative estimate of drug-likeness (QED) is 0.839. The molecular formula is C17H27N3. The zero-order chi connectivity index (χ0) is 13.9. The molecule has 1 atom stereocenters. The van der Waals surface area contributed by atoms with Crippen molar-refractivity contribution in [1.82, 2.24) is 9.88 Å². The van der Waals surface area contributed by atoms with Gasteiger partial charge in [-0.1, -0.05) is 13.3 Å². The van der Waals surface area contributed by atoms with Crippen molar-refractivity contribution in [2.45, 2.75) is 52.0 Å². The third kappa shape index (κ3) is 2.69. The van der Waals surface area contributed by atoms with Crippen molar-refractivity contribution in [2.75, 3.05) is 31.1 Å². The van der Waals surface area contributed by atoms with Crippen LogP contribution in [-0.4, -0.2) is 36.1 Å². The van der Waals surface area contributed by atoms with E-state index in [1.165, 1.54) is 68.7 Å². The van der Waals surface area contributed by atoms with Gasteiger partial charge in [0.2, 0.25) is 0 Å². The van der Waals surface area contributed by atoms with Gasteiger partial charge >= 0.3 is 0 Å². The molecule has 3 heterocycles. The average molecular weight is 273 g/mol. The highest BCUT2D eigenvalue weighted by Gasteiger charge is 2.24. The Kier molecular flexibility index (Phi) is 4.25. The second-order valence-corrected chi connectivity index (χ2v) is 6.23. The summed E-state index contributed by atoms with van der Waals surface area (Å²) in [7, 11) is 0. The van der Waals surface area contributed by atoms with Crippen molar-refractivity contribution in [3.63, 3.8) is 0 Å². The molecule has 0 N–H and O–H groups in total. The summed E-state index contributed by atoms with van der Waals surface area (Å²) < 4.78 is 0. The first kappa shape index (κ1) is 13.9. The first-order valence-electron chi connectivity index (χ1n) is 8.25. The van der Waals surface area contributed by atoms with Gasteiger partial charge in [-0.15, -0.1) is 0 Å². The Bertz CT molecular complexity index is 452. The van der Waals surface area contributed by atoms with Crippen LogP contribution >= 0.6 is 0 Å². The van der Waals surface area contributed by atoms with E-state index in [1.54, 1.807) is 0 Å². The molecular weight excluding hydrogens is 246 g/mol. The molecule has 3 heteroatoms. The van der Waals surface area contributed by atoms with Crippen LogP contribution in [0.4, 0.5) is 5.82 Å². The SMILES string of the molecule is CCN1CCCCC1c1cnc(N2CCCC2)cc1C. The Morgan fingerprint density at radius 1 is 1.15 bits per heavy atom. The molecule has 1 aromatic heterocycles. The molecule has 1 unspecified atom stereocenters. The van der Waals surface area contributed by atoms with E-state index in [-0.39, 0.29) is 0 Å². The van der Waals surface area contributed by atoms with Gasteiger partial charge in [0.25, 0.3) is 0 Å². The molecule has 2 fully saturated rings. The van der Waals surface area contributed by atoms with Crippen molar-refractivity contribution < 1.29 is 0 Å². The third-order valence-corrected chi connectivity index (χ3v) is 4.95. The van der Waals surface area contributed by atoms with Gasteiger partial charge in [0, 0.05) is 25.3 Å². The summed E-state index contributed by atoms with van der Waals surface area (Å²) in [6, 6.07) is 2.90. The van der Waals surface area contributed by atoms with Gasteiger partial charge in [-0.2, -0.15) is 0 Å². The van der Waals surface area contributed by atoms with Gasteiger partial charge in [0.05, 0.1) is 0 Å². The minimum Gasteiger partial charge on any atom is -0.357 e. The van der Waals surface area contributed by atoms with E-state index in [4.69, 9.17) is 4.98 Å². The molecule has 3 rings (SSSR count). The van der Waals surface area contributed by atoms with Gasteiger partial charge in [-0.05, 0) is 62.9 Å². The Morgan fingerprint density at radius 2 is 1.90 bits per heavy atom. The monoisotopic (exact) mass is 273 g/mol. The lowest BCUT2D eigenvalue weighted by molar-refractivity contribution is 0.156. The lowest BCUT2D eigenvalue weighted by atomic mass is 9.93. The molecule has 2 aliphatic heterocycles. The third-order valence-electron chi connectivity index (χ3n) is 4.95. The van der Waals surface area contributed by atoms with Crippen molar-refractivity contribution in [1.29, 1.82) is 0 Å². The number of aryl methyl sites for hydroxylation is 1. The smallest absolute Gasteiger partial charge is 0.128 e. The number of aromatic nitrogens is 1. The standard InChI is InChI=1S/C17H27N3/c1-3-19-9-5-4-8-16(19)15-13-18-17(12-14(15)2)20-10-6-7-11-20/h12-13,16H,3-11H2,1-2H3. The van der Waals surface area contributed by atoms with Crippen molar-refractivity contribution in [2.24, 2.45) is 0 Å². The highest BCUT2D eigenvalue weighted by molar-refractivity contribution is 5.45. The fraction of sp³-hybridized carbons (Fsp3) is 0.706. The van der Waals surface area contributed by atoms with Gasteiger partial charge in [0.15, 0.2) is 0 Å². The number of hydrogen-bond donors (Lipinski definition) is 0. The van der Waals surface area contributed by atoms with Crippen LogP contribution in [0.3, 0.4) is 0 Å². The zero-order valence-corrected chi connectivity index (χ0v) is 12.9. The molecule has 2 aliphatic rings. The number of piperidine rings is 1. The van der Waals surface area contributed by atoms with E-state index in [0.29, 0.717) is 6.04 Å². The fourth-order valence-corrected chi connectivity index (χ4v) is 3.74. The number of likely N-dealkylation sites (tertiary alicyclic amines) is 1. The lowest BCUT2D eigenvalue weighted by Gasteiger charge is -2.36. The van der Waals surface area contributed by atoms with E-state index in [9.17, 15) is 0 Å². The van der Waals surface area contributed by atoms with Crippen molar-refractivity contribution in [3.8, 4) is 0 Å². The largest absolute Gasteiger partial charge is 0.357 e. The van der Waals surface area contributed by atoms with Crippen LogP contribution in [0.2, 0.25) is 0 Å². The van der Waals surface area contributed by atoms with Crippen LogP contribution in [-0.2, 0) is 0 Å². The molecule has 3 nitrogen and oxygen atoms in total. The predicted molar refractivity (Wildman–Crippen MR) is 84.3 cm³/mol. The van der Waals surface area contributed by atoms with Gasteiger partial charge in [0.1, 0.15) is 5.82 Å². The van der Waals surface area contributed by atoms with Crippen LogP contribution in [0.1, 0.15) is 56.2 Å². The van der Waals surface area contributed by atoms with E-state index >= 15 is 0 Å².